The van der Waals surface area contributed by atoms with Crippen LogP contribution in [0.15, 0.2) is 78.0 Å². The number of hydrogen-bond donors (Lipinski definition) is 2. The third-order valence-corrected chi connectivity index (χ3v) is 9.40. The first-order valence-electron chi connectivity index (χ1n) is 16.2. The molecule has 0 aromatic heterocycles. The number of hydrogen-bond acceptors (Lipinski definition) is 7. The van der Waals surface area contributed by atoms with E-state index in [2.05, 4.69) is 52.8 Å². The van der Waals surface area contributed by atoms with Crippen LogP contribution >= 0.6 is 0 Å². The lowest BCUT2D eigenvalue weighted by Gasteiger charge is -2.44. The van der Waals surface area contributed by atoms with Gasteiger partial charge in [-0.15, -0.1) is 0 Å². The summed E-state index contributed by atoms with van der Waals surface area (Å²) < 4.78 is 44.2. The van der Waals surface area contributed by atoms with Gasteiger partial charge >= 0.3 is 18.0 Å². The zero-order valence-electron chi connectivity index (χ0n) is 28.2. The van der Waals surface area contributed by atoms with E-state index in [1.54, 1.807) is 7.11 Å². The molecule has 3 aromatic carbocycles. The molecule has 49 heavy (non-hydrogen) atoms. The number of methoxy groups -OCH3 is 3. The van der Waals surface area contributed by atoms with Crippen LogP contribution < -0.4 is 15.4 Å². The van der Waals surface area contributed by atoms with Gasteiger partial charge in [0.2, 0.25) is 0 Å². The number of nitrogens with one attached hydrogen (secondary N) is 2. The van der Waals surface area contributed by atoms with Crippen LogP contribution in [-0.2, 0) is 19.7 Å². The Morgan fingerprint density at radius 1 is 0.980 bits per heavy atom. The summed E-state index contributed by atoms with van der Waals surface area (Å²) >= 11 is 0. The van der Waals surface area contributed by atoms with Crippen molar-refractivity contribution < 1.29 is 37.4 Å². The summed E-state index contributed by atoms with van der Waals surface area (Å²) in [5.74, 6) is -2.29. The second kappa shape index (κ2) is 15.6. The Bertz CT molecular complexity index is 1710. The Morgan fingerprint density at radius 3 is 2.37 bits per heavy atom. The number of rotatable bonds is 11. The first-order valence-corrected chi connectivity index (χ1v) is 16.2. The van der Waals surface area contributed by atoms with E-state index in [4.69, 9.17) is 14.2 Å². The molecule has 2 aliphatic heterocycles. The molecule has 0 saturated carbocycles. The van der Waals surface area contributed by atoms with Crippen LogP contribution in [0, 0.1) is 18.6 Å². The van der Waals surface area contributed by atoms with Crippen molar-refractivity contribution in [1.29, 1.82) is 0 Å². The largest absolute Gasteiger partial charge is 0.496 e. The molecule has 1 atom stereocenters. The van der Waals surface area contributed by atoms with Crippen molar-refractivity contribution in [3.05, 3.63) is 112 Å². The molecule has 1 saturated heterocycles. The summed E-state index contributed by atoms with van der Waals surface area (Å²) in [6.07, 6.45) is 2.33. The fourth-order valence-corrected chi connectivity index (χ4v) is 7.08. The number of urea groups is 2. The van der Waals surface area contributed by atoms with Crippen molar-refractivity contribution >= 4 is 18.0 Å². The van der Waals surface area contributed by atoms with Gasteiger partial charge in [0.1, 0.15) is 11.8 Å². The zero-order chi connectivity index (χ0) is 35.1. The maximum absolute atomic E-state index is 14.4. The van der Waals surface area contributed by atoms with Gasteiger partial charge in [-0.3, -0.25) is 0 Å². The normalized spacial score (nSPS) is 17.8. The van der Waals surface area contributed by atoms with Crippen molar-refractivity contribution in [2.24, 2.45) is 0 Å². The standard InChI is InChI=1S/C37H42F2N4O6/c1-24-10-8-13-30(48-3)32(24)37(26-11-6-5-7-12-26)16-20-42(21-17-37)19-9-18-40-35(45)43-33(25-14-15-27(38)28(39)22-25)31(34(44)49-4)29(23-47-2)41-36(43)46/h5-8,10-15,22,33H,9,16-21,23H2,1-4H3,(H,40,45)(H,41,46). The van der Waals surface area contributed by atoms with Gasteiger partial charge in [0.15, 0.2) is 11.6 Å². The predicted molar refractivity (Wildman–Crippen MR) is 179 cm³/mol. The summed E-state index contributed by atoms with van der Waals surface area (Å²) in [6.45, 7) is 4.50. The number of likely N-dealkylation sites (tertiary alicyclic amines) is 1. The van der Waals surface area contributed by atoms with E-state index in [0.29, 0.717) is 13.0 Å². The number of esters is 1. The summed E-state index contributed by atoms with van der Waals surface area (Å²) in [4.78, 5) is 42.9. The molecule has 0 bridgehead atoms. The molecule has 2 heterocycles. The number of benzene rings is 3. The lowest BCUT2D eigenvalue weighted by atomic mass is 9.66. The Kier molecular flexibility index (Phi) is 11.3. The molecule has 2 aliphatic rings. The Labute approximate surface area is 285 Å². The fourth-order valence-electron chi connectivity index (χ4n) is 7.08. The monoisotopic (exact) mass is 676 g/mol. The predicted octanol–water partition coefficient (Wildman–Crippen LogP) is 5.60. The second-order valence-electron chi connectivity index (χ2n) is 12.2. The molecule has 1 unspecified atom stereocenters. The van der Waals surface area contributed by atoms with Gasteiger partial charge in [-0.1, -0.05) is 48.5 Å². The number of aryl methyl sites for hydroxylation is 1. The summed E-state index contributed by atoms with van der Waals surface area (Å²) in [5, 5.41) is 5.30. The second-order valence-corrected chi connectivity index (χ2v) is 12.2. The quantitative estimate of drug-likeness (QED) is 0.201. The van der Waals surface area contributed by atoms with Crippen LogP contribution in [0.4, 0.5) is 18.4 Å². The van der Waals surface area contributed by atoms with Crippen LogP contribution in [0.5, 0.6) is 5.75 Å². The first kappa shape index (κ1) is 35.5. The summed E-state index contributed by atoms with van der Waals surface area (Å²) in [5.41, 5.74) is 3.36. The molecule has 4 amide bonds. The Morgan fingerprint density at radius 2 is 1.71 bits per heavy atom. The average molecular weight is 677 g/mol. The highest BCUT2D eigenvalue weighted by Crippen LogP contribution is 2.47. The highest BCUT2D eigenvalue weighted by Gasteiger charge is 2.44. The van der Waals surface area contributed by atoms with Gasteiger partial charge in [-0.05, 0) is 80.7 Å². The van der Waals surface area contributed by atoms with Gasteiger partial charge in [-0.25, -0.2) is 28.1 Å². The van der Waals surface area contributed by atoms with E-state index in [1.807, 2.05) is 18.2 Å². The van der Waals surface area contributed by atoms with E-state index in [1.165, 1.54) is 29.9 Å². The lowest BCUT2D eigenvalue weighted by molar-refractivity contribution is -0.137. The summed E-state index contributed by atoms with van der Waals surface area (Å²) in [7, 11) is 4.22. The van der Waals surface area contributed by atoms with Gasteiger partial charge in [0.25, 0.3) is 0 Å². The van der Waals surface area contributed by atoms with E-state index in [0.717, 1.165) is 55.8 Å². The third kappa shape index (κ3) is 7.30. The van der Waals surface area contributed by atoms with Crippen LogP contribution in [0.1, 0.15) is 47.6 Å². The SMILES string of the molecule is COCC1=C(C(=O)OC)C(c2ccc(F)c(F)c2)N(C(=O)NCCCN2CCC(c3ccccc3)(c3c(C)cccc3OC)CC2)C(=O)N1. The van der Waals surface area contributed by atoms with Gasteiger partial charge < -0.3 is 29.7 Å². The van der Waals surface area contributed by atoms with Crippen molar-refractivity contribution in [2.75, 3.05) is 54.1 Å². The molecule has 2 N–H and O–H groups in total. The summed E-state index contributed by atoms with van der Waals surface area (Å²) in [6, 6.07) is 16.6. The zero-order valence-corrected chi connectivity index (χ0v) is 28.2. The molecule has 0 spiro atoms. The van der Waals surface area contributed by atoms with Gasteiger partial charge in [0, 0.05) is 24.6 Å². The molecule has 0 radical (unpaired) electrons. The van der Waals surface area contributed by atoms with Crippen LogP contribution in [0.3, 0.4) is 0 Å². The molecule has 0 aliphatic carbocycles. The molecular formula is C37H42F2N4O6. The van der Waals surface area contributed by atoms with Crippen LogP contribution in [0.2, 0.25) is 0 Å². The minimum absolute atomic E-state index is 0.0124. The van der Waals surface area contributed by atoms with Crippen LogP contribution in [0.25, 0.3) is 0 Å². The Hall–Kier alpha value is -4.81. The molecule has 260 valence electrons. The smallest absolute Gasteiger partial charge is 0.338 e. The van der Waals surface area contributed by atoms with E-state index in [9.17, 15) is 23.2 Å². The minimum Gasteiger partial charge on any atom is -0.496 e. The number of carbonyl (C=O) groups excluding carboxylic acids is 3. The van der Waals surface area contributed by atoms with Crippen molar-refractivity contribution in [3.63, 3.8) is 0 Å². The van der Waals surface area contributed by atoms with Gasteiger partial charge in [0.05, 0.1) is 32.1 Å². The molecule has 12 heteroatoms. The topological polar surface area (TPSA) is 109 Å². The third-order valence-electron chi connectivity index (χ3n) is 9.40. The first-order chi connectivity index (χ1) is 23.6. The molecule has 5 rings (SSSR count). The maximum atomic E-state index is 14.4. The van der Waals surface area contributed by atoms with Crippen molar-refractivity contribution in [2.45, 2.75) is 37.6 Å². The number of nitrogens with zero attached hydrogens (tertiary/aromatic N) is 2. The molecular weight excluding hydrogens is 634 g/mol. The van der Waals surface area contributed by atoms with Crippen molar-refractivity contribution in [1.82, 2.24) is 20.4 Å². The van der Waals surface area contributed by atoms with Crippen LogP contribution in [-0.4, -0.2) is 81.9 Å². The lowest BCUT2D eigenvalue weighted by Crippen LogP contribution is -2.55. The average Bonchev–Trinajstić information content (AvgIpc) is 3.11. The maximum Gasteiger partial charge on any atom is 0.338 e. The van der Waals surface area contributed by atoms with E-state index < -0.39 is 35.7 Å². The molecule has 10 nitrogen and oxygen atoms in total. The minimum atomic E-state index is -1.40. The van der Waals surface area contributed by atoms with Gasteiger partial charge in [-0.2, -0.15) is 0 Å². The van der Waals surface area contributed by atoms with Crippen molar-refractivity contribution in [3.8, 4) is 5.75 Å². The fraction of sp³-hybridized carbons (Fsp3) is 0.378. The number of piperidine rings is 1. The highest BCUT2D eigenvalue weighted by atomic mass is 19.2. The molecule has 3 aromatic rings. The number of imide groups is 1. The Balaban J connectivity index is 1.28. The molecule has 1 fully saturated rings. The highest BCUT2D eigenvalue weighted by molar-refractivity contribution is 6.01. The number of halogens is 2. The van der Waals surface area contributed by atoms with E-state index >= 15 is 0 Å². The number of ether oxygens (including phenoxy) is 3. The van der Waals surface area contributed by atoms with E-state index in [-0.39, 0.29) is 35.4 Å². The number of carbonyl (C=O) groups is 3. The number of amides is 4.